The van der Waals surface area contributed by atoms with Gasteiger partial charge in [-0.3, -0.25) is 0 Å². The molecular weight excluding hydrogens is 548 g/mol. The number of amidine groups is 1. The van der Waals surface area contributed by atoms with Gasteiger partial charge in [0.1, 0.15) is 12.4 Å². The van der Waals surface area contributed by atoms with Gasteiger partial charge in [-0.2, -0.15) is 0 Å². The van der Waals surface area contributed by atoms with Crippen LogP contribution < -0.4 is 10.5 Å². The Morgan fingerprint density at radius 3 is 2.11 bits per heavy atom. The van der Waals surface area contributed by atoms with Gasteiger partial charge >= 0.3 is 5.97 Å². The van der Waals surface area contributed by atoms with E-state index < -0.39 is 0 Å². The molecule has 0 aliphatic heterocycles. The number of carbonyl (C=O) groups is 1. The summed E-state index contributed by atoms with van der Waals surface area (Å²) in [6.45, 7) is 7.14. The van der Waals surface area contributed by atoms with Crippen molar-refractivity contribution in [2.24, 2.45) is 16.8 Å². The second-order valence-electron chi connectivity index (χ2n) is 12.0. The van der Waals surface area contributed by atoms with Crippen LogP contribution in [0.1, 0.15) is 70.9 Å². The fraction of sp³-hybridized carbons (Fsp3) is 0.263. The SMILES string of the molecule is COC(=O)c1ccc(CC(C=Cc2ccccc2OCc2ccc(C(C)(C)C)cc2)CCc2ccc(C(N)=NO)cc2)cc1. The summed E-state index contributed by atoms with van der Waals surface area (Å²) in [5.74, 6) is 0.810. The normalized spacial score (nSPS) is 12.7. The standard InChI is InChI=1S/C38H42N2O4/c1-38(2,3)34-23-16-30(17-24-34)26-44-35-8-6-5-7-31(35)18-13-28(25-29-14-21-33(22-15-29)37(41)43-4)10-9-27-11-19-32(20-12-27)36(39)40-42/h5-8,11-24,28,42H,9-10,25-26H2,1-4H3,(H2,39,40). The van der Waals surface area contributed by atoms with Crippen LogP contribution >= 0.6 is 0 Å². The van der Waals surface area contributed by atoms with E-state index in [2.05, 4.69) is 68.4 Å². The molecule has 0 saturated heterocycles. The van der Waals surface area contributed by atoms with Gasteiger partial charge in [0.05, 0.1) is 12.7 Å². The van der Waals surface area contributed by atoms with Gasteiger partial charge in [-0.1, -0.05) is 117 Å². The molecule has 44 heavy (non-hydrogen) atoms. The predicted molar refractivity (Wildman–Crippen MR) is 177 cm³/mol. The van der Waals surface area contributed by atoms with Crippen molar-refractivity contribution in [2.75, 3.05) is 7.11 Å². The van der Waals surface area contributed by atoms with Gasteiger partial charge < -0.3 is 20.4 Å². The lowest BCUT2D eigenvalue weighted by molar-refractivity contribution is 0.0600. The number of methoxy groups -OCH3 is 1. The Hall–Kier alpha value is -4.84. The Morgan fingerprint density at radius 2 is 1.48 bits per heavy atom. The molecule has 0 aromatic heterocycles. The number of nitrogens with two attached hydrogens (primary N) is 1. The summed E-state index contributed by atoms with van der Waals surface area (Å²) >= 11 is 0. The fourth-order valence-corrected chi connectivity index (χ4v) is 4.97. The molecule has 0 fully saturated rings. The molecule has 0 radical (unpaired) electrons. The van der Waals surface area contributed by atoms with Crippen LogP contribution in [0.5, 0.6) is 5.75 Å². The van der Waals surface area contributed by atoms with E-state index in [1.807, 2.05) is 66.7 Å². The molecule has 0 heterocycles. The van der Waals surface area contributed by atoms with Gasteiger partial charge in [0, 0.05) is 11.1 Å². The van der Waals surface area contributed by atoms with Crippen LogP contribution in [0.2, 0.25) is 0 Å². The predicted octanol–water partition coefficient (Wildman–Crippen LogP) is 7.95. The smallest absolute Gasteiger partial charge is 0.337 e. The Morgan fingerprint density at radius 1 is 0.864 bits per heavy atom. The summed E-state index contributed by atoms with van der Waals surface area (Å²) in [5.41, 5.74) is 12.8. The summed E-state index contributed by atoms with van der Waals surface area (Å²) < 4.78 is 11.1. The van der Waals surface area contributed by atoms with Crippen LogP contribution in [0, 0.1) is 5.92 Å². The summed E-state index contributed by atoms with van der Waals surface area (Å²) in [7, 11) is 1.39. The third kappa shape index (κ3) is 9.08. The number of oxime groups is 1. The van der Waals surface area contributed by atoms with Crippen LogP contribution in [0.4, 0.5) is 0 Å². The van der Waals surface area contributed by atoms with Crippen LogP contribution in [-0.4, -0.2) is 24.1 Å². The Balaban J connectivity index is 1.49. The fourth-order valence-electron chi connectivity index (χ4n) is 4.97. The van der Waals surface area contributed by atoms with Gasteiger partial charge in [-0.05, 0) is 71.0 Å². The van der Waals surface area contributed by atoms with Gasteiger partial charge in [0.15, 0.2) is 5.84 Å². The van der Waals surface area contributed by atoms with Crippen molar-refractivity contribution in [1.82, 2.24) is 0 Å². The maximum Gasteiger partial charge on any atom is 0.337 e. The molecular formula is C38H42N2O4. The van der Waals surface area contributed by atoms with Gasteiger partial charge in [0.2, 0.25) is 0 Å². The Kier molecular flexibility index (Phi) is 11.0. The number of carbonyl (C=O) groups excluding carboxylic acids is 1. The molecule has 6 heteroatoms. The van der Waals surface area contributed by atoms with Crippen molar-refractivity contribution in [3.05, 3.63) is 142 Å². The molecule has 0 amide bonds. The summed E-state index contributed by atoms with van der Waals surface area (Å²) in [4.78, 5) is 11.9. The minimum atomic E-state index is -0.343. The molecule has 0 bridgehead atoms. The van der Waals surface area contributed by atoms with E-state index in [9.17, 15) is 4.79 Å². The van der Waals surface area contributed by atoms with E-state index in [1.165, 1.54) is 18.2 Å². The van der Waals surface area contributed by atoms with Crippen LogP contribution in [-0.2, 0) is 29.6 Å². The number of benzene rings is 4. The molecule has 1 unspecified atom stereocenters. The minimum Gasteiger partial charge on any atom is -0.488 e. The molecule has 0 aliphatic carbocycles. The van der Waals surface area contributed by atoms with Gasteiger partial charge in [0.25, 0.3) is 0 Å². The second-order valence-corrected chi connectivity index (χ2v) is 12.0. The number of rotatable bonds is 12. The number of nitrogens with zero attached hydrogens (tertiary/aromatic N) is 1. The van der Waals surface area contributed by atoms with Crippen molar-refractivity contribution in [1.29, 1.82) is 0 Å². The minimum absolute atomic E-state index is 0.0931. The highest BCUT2D eigenvalue weighted by molar-refractivity contribution is 5.97. The molecule has 3 N–H and O–H groups in total. The maximum atomic E-state index is 11.9. The lowest BCUT2D eigenvalue weighted by Crippen LogP contribution is -2.12. The van der Waals surface area contributed by atoms with E-state index in [1.54, 1.807) is 0 Å². The van der Waals surface area contributed by atoms with Crippen molar-refractivity contribution in [3.63, 3.8) is 0 Å². The van der Waals surface area contributed by atoms with Gasteiger partial charge in [-0.25, -0.2) is 4.79 Å². The lowest BCUT2D eigenvalue weighted by atomic mass is 9.87. The lowest BCUT2D eigenvalue weighted by Gasteiger charge is -2.19. The van der Waals surface area contributed by atoms with Crippen molar-refractivity contribution in [3.8, 4) is 5.75 Å². The molecule has 228 valence electrons. The van der Waals surface area contributed by atoms with Crippen LogP contribution in [0.15, 0.2) is 108 Å². The monoisotopic (exact) mass is 590 g/mol. The number of para-hydroxylation sites is 1. The zero-order valence-electron chi connectivity index (χ0n) is 26.0. The average molecular weight is 591 g/mol. The molecule has 1 atom stereocenters. The highest BCUT2D eigenvalue weighted by Crippen LogP contribution is 2.26. The zero-order valence-corrected chi connectivity index (χ0v) is 26.0. The topological polar surface area (TPSA) is 94.1 Å². The number of allylic oxidation sites excluding steroid dienone is 1. The maximum absolute atomic E-state index is 11.9. The molecule has 0 aliphatic rings. The molecule has 0 spiro atoms. The zero-order chi connectivity index (χ0) is 31.5. The number of hydrogen-bond acceptors (Lipinski definition) is 5. The quantitative estimate of drug-likeness (QED) is 0.0574. The van der Waals surface area contributed by atoms with Crippen molar-refractivity contribution >= 4 is 17.9 Å². The first-order valence-corrected chi connectivity index (χ1v) is 14.9. The number of aryl methyl sites for hydroxylation is 1. The number of hydrogen-bond donors (Lipinski definition) is 2. The third-order valence-corrected chi connectivity index (χ3v) is 7.72. The average Bonchev–Trinajstić information content (AvgIpc) is 3.05. The van der Waals surface area contributed by atoms with Crippen LogP contribution in [0.25, 0.3) is 6.08 Å². The molecule has 6 nitrogen and oxygen atoms in total. The van der Waals surface area contributed by atoms with Crippen molar-refractivity contribution in [2.45, 2.75) is 52.1 Å². The van der Waals surface area contributed by atoms with Gasteiger partial charge in [-0.15, -0.1) is 0 Å². The largest absolute Gasteiger partial charge is 0.488 e. The molecule has 0 saturated carbocycles. The Labute approximate surface area is 260 Å². The van der Waals surface area contributed by atoms with E-state index >= 15 is 0 Å². The van der Waals surface area contributed by atoms with Crippen LogP contribution in [0.3, 0.4) is 0 Å². The first-order valence-electron chi connectivity index (χ1n) is 14.9. The van der Waals surface area contributed by atoms with E-state index in [0.29, 0.717) is 17.7 Å². The Bertz CT molecular complexity index is 1570. The van der Waals surface area contributed by atoms with E-state index in [0.717, 1.165) is 41.7 Å². The highest BCUT2D eigenvalue weighted by atomic mass is 16.5. The first-order chi connectivity index (χ1) is 21.2. The molecule has 4 aromatic carbocycles. The highest BCUT2D eigenvalue weighted by Gasteiger charge is 2.14. The number of esters is 1. The summed E-state index contributed by atoms with van der Waals surface area (Å²) in [6, 6.07) is 32.1. The molecule has 4 aromatic rings. The van der Waals surface area contributed by atoms with Crippen molar-refractivity contribution < 1.29 is 19.5 Å². The third-order valence-electron chi connectivity index (χ3n) is 7.72. The summed E-state index contributed by atoms with van der Waals surface area (Å²) in [5, 5.41) is 12.0. The number of ether oxygens (including phenoxy) is 2. The summed E-state index contributed by atoms with van der Waals surface area (Å²) in [6.07, 6.45) is 6.96. The first kappa shape index (κ1) is 32.1. The second kappa shape index (κ2) is 15.1. The van der Waals surface area contributed by atoms with E-state index in [4.69, 9.17) is 20.4 Å². The van der Waals surface area contributed by atoms with E-state index in [-0.39, 0.29) is 23.1 Å². The molecule has 4 rings (SSSR count).